The number of hydrogen-bond acceptors (Lipinski definition) is 4. The maximum Gasteiger partial charge on any atom is 0.252 e. The van der Waals surface area contributed by atoms with E-state index < -0.39 is 0 Å². The molecule has 0 aromatic heterocycles. The van der Waals surface area contributed by atoms with Crippen LogP contribution in [-0.2, 0) is 0 Å². The number of carbonyl (C=O) groups is 2. The molecule has 1 aromatic carbocycles. The Balaban J connectivity index is 2.24. The molecule has 1 rings (SSSR count). The average Bonchev–Trinajstić information content (AvgIpc) is 2.95. The Bertz CT molecular complexity index is 707. The van der Waals surface area contributed by atoms with Crippen molar-refractivity contribution < 1.29 is 9.59 Å². The second-order valence-electron chi connectivity index (χ2n) is 11.6. The van der Waals surface area contributed by atoms with Crippen molar-refractivity contribution in [3.63, 3.8) is 0 Å². The van der Waals surface area contributed by atoms with Crippen molar-refractivity contribution in [2.75, 3.05) is 53.4 Å². The van der Waals surface area contributed by atoms with Crippen LogP contribution in [0, 0.1) is 0 Å². The number of likely N-dealkylation sites (N-methyl/N-ethyl adjacent to an activating group) is 2. The number of carbonyl (C=O) groups excluding carboxylic acids is 2. The first-order chi connectivity index (χ1) is 19.5. The minimum Gasteiger partial charge on any atom is -0.351 e. The maximum atomic E-state index is 12.9. The molecule has 0 atom stereocenters. The van der Waals surface area contributed by atoms with Crippen LogP contribution in [0.1, 0.15) is 137 Å². The third-order valence-electron chi connectivity index (χ3n) is 7.76. The summed E-state index contributed by atoms with van der Waals surface area (Å²) in [7, 11) is 4.22. The van der Waals surface area contributed by atoms with Crippen molar-refractivity contribution in [2.24, 2.45) is 0 Å². The van der Waals surface area contributed by atoms with Gasteiger partial charge in [-0.25, -0.2) is 0 Å². The maximum absolute atomic E-state index is 12.9. The highest BCUT2D eigenvalue weighted by Gasteiger charge is 2.16. The van der Waals surface area contributed by atoms with Gasteiger partial charge >= 0.3 is 0 Å². The minimum absolute atomic E-state index is 0.182. The van der Waals surface area contributed by atoms with E-state index in [4.69, 9.17) is 0 Å². The largest absolute Gasteiger partial charge is 0.351 e. The molecule has 2 N–H and O–H groups in total. The lowest BCUT2D eigenvalue weighted by atomic mass is 10.1. The standard InChI is InChI=1S/C34H62N4O2/c1-5-7-9-11-13-15-17-21-27-37(3)29-25-35-33(39)31-23-19-20-24-32(31)34(40)36-26-30-38(4)28-22-18-16-14-12-10-8-6-2/h19-20,23-24H,5-18,21-22,25-30H2,1-4H3,(H,35,39)(H,36,40). The molecule has 0 aliphatic rings. The van der Waals surface area contributed by atoms with E-state index >= 15 is 0 Å². The Kier molecular flexibility index (Phi) is 22.4. The fourth-order valence-corrected chi connectivity index (χ4v) is 5.04. The number of amides is 2. The highest BCUT2D eigenvalue weighted by Crippen LogP contribution is 2.11. The molecule has 0 saturated heterocycles. The molecule has 0 bridgehead atoms. The summed E-state index contributed by atoms with van der Waals surface area (Å²) < 4.78 is 0. The molecule has 0 spiro atoms. The van der Waals surface area contributed by atoms with E-state index in [1.54, 1.807) is 12.1 Å². The molecule has 0 radical (unpaired) electrons. The molecule has 2 amide bonds. The highest BCUT2D eigenvalue weighted by atomic mass is 16.2. The van der Waals surface area contributed by atoms with E-state index in [1.165, 1.54) is 103 Å². The normalized spacial score (nSPS) is 11.3. The van der Waals surface area contributed by atoms with E-state index in [0.717, 1.165) is 26.2 Å². The molecule has 1 aromatic rings. The molecule has 0 heterocycles. The van der Waals surface area contributed by atoms with Gasteiger partial charge in [0, 0.05) is 26.2 Å². The highest BCUT2D eigenvalue weighted by molar-refractivity contribution is 6.07. The topological polar surface area (TPSA) is 64.7 Å². The molecule has 6 heteroatoms. The van der Waals surface area contributed by atoms with Crippen molar-refractivity contribution in [1.29, 1.82) is 0 Å². The van der Waals surface area contributed by atoms with Crippen LogP contribution in [0.25, 0.3) is 0 Å². The summed E-state index contributed by atoms with van der Waals surface area (Å²) >= 11 is 0. The molecule has 6 nitrogen and oxygen atoms in total. The summed E-state index contributed by atoms with van der Waals surface area (Å²) in [5, 5.41) is 6.02. The molecule has 230 valence electrons. The van der Waals surface area contributed by atoms with Crippen LogP contribution in [0.3, 0.4) is 0 Å². The molecule has 0 aliphatic heterocycles. The fraction of sp³-hybridized carbons (Fsp3) is 0.765. The zero-order valence-electron chi connectivity index (χ0n) is 26.6. The van der Waals surface area contributed by atoms with Crippen LogP contribution in [0.15, 0.2) is 24.3 Å². The molecular formula is C34H62N4O2. The third-order valence-corrected chi connectivity index (χ3v) is 7.76. The van der Waals surface area contributed by atoms with Gasteiger partial charge in [0.1, 0.15) is 0 Å². The van der Waals surface area contributed by atoms with Crippen molar-refractivity contribution in [1.82, 2.24) is 20.4 Å². The SMILES string of the molecule is CCCCCCCCCCN(C)CCNC(=O)c1ccccc1C(=O)NCCN(C)CCCCCCCCCC. The van der Waals surface area contributed by atoms with E-state index in [-0.39, 0.29) is 11.8 Å². The number of rotatable bonds is 26. The Morgan fingerprint density at radius 3 is 1.20 bits per heavy atom. The van der Waals surface area contributed by atoms with Crippen LogP contribution in [0.2, 0.25) is 0 Å². The summed E-state index contributed by atoms with van der Waals surface area (Å²) in [6, 6.07) is 7.11. The Morgan fingerprint density at radius 1 is 0.525 bits per heavy atom. The van der Waals surface area contributed by atoms with E-state index in [1.807, 2.05) is 12.1 Å². The Labute approximate surface area is 247 Å². The second kappa shape index (κ2) is 24.8. The molecule has 0 unspecified atom stereocenters. The Hall–Kier alpha value is -1.92. The van der Waals surface area contributed by atoms with Crippen LogP contribution >= 0.6 is 0 Å². The summed E-state index contributed by atoms with van der Waals surface area (Å²) in [5.74, 6) is -0.365. The molecule has 40 heavy (non-hydrogen) atoms. The van der Waals surface area contributed by atoms with Crippen molar-refractivity contribution in [3.05, 3.63) is 35.4 Å². The number of unbranched alkanes of at least 4 members (excludes halogenated alkanes) is 14. The van der Waals surface area contributed by atoms with E-state index in [0.29, 0.717) is 24.2 Å². The van der Waals surface area contributed by atoms with Crippen molar-refractivity contribution >= 4 is 11.8 Å². The molecule has 0 aliphatic carbocycles. The summed E-state index contributed by atoms with van der Waals surface area (Å²) in [5.41, 5.74) is 0.885. The lowest BCUT2D eigenvalue weighted by molar-refractivity contribution is 0.0915. The lowest BCUT2D eigenvalue weighted by Gasteiger charge is -2.18. The van der Waals surface area contributed by atoms with Gasteiger partial charge in [0.2, 0.25) is 0 Å². The van der Waals surface area contributed by atoms with Crippen LogP contribution in [-0.4, -0.2) is 75.0 Å². The van der Waals surface area contributed by atoms with Gasteiger partial charge in [0.15, 0.2) is 0 Å². The third kappa shape index (κ3) is 18.4. The number of nitrogens with zero attached hydrogens (tertiary/aromatic N) is 2. The van der Waals surface area contributed by atoms with Gasteiger partial charge in [-0.1, -0.05) is 116 Å². The van der Waals surface area contributed by atoms with Gasteiger partial charge in [-0.05, 0) is 52.2 Å². The van der Waals surface area contributed by atoms with Gasteiger partial charge in [0.25, 0.3) is 11.8 Å². The summed E-state index contributed by atoms with van der Waals surface area (Å²) in [4.78, 5) is 30.3. The fourth-order valence-electron chi connectivity index (χ4n) is 5.04. The van der Waals surface area contributed by atoms with Gasteiger partial charge in [-0.3, -0.25) is 9.59 Å². The zero-order chi connectivity index (χ0) is 29.3. The zero-order valence-corrected chi connectivity index (χ0v) is 26.6. The second-order valence-corrected chi connectivity index (χ2v) is 11.6. The average molecular weight is 559 g/mol. The Morgan fingerprint density at radius 2 is 0.850 bits per heavy atom. The smallest absolute Gasteiger partial charge is 0.252 e. The van der Waals surface area contributed by atoms with Crippen molar-refractivity contribution in [3.8, 4) is 0 Å². The van der Waals surface area contributed by atoms with E-state index in [9.17, 15) is 9.59 Å². The number of hydrogen-bond donors (Lipinski definition) is 2. The number of nitrogens with one attached hydrogen (secondary N) is 2. The lowest BCUT2D eigenvalue weighted by Crippen LogP contribution is -2.36. The van der Waals surface area contributed by atoms with Crippen LogP contribution in [0.5, 0.6) is 0 Å². The van der Waals surface area contributed by atoms with Crippen molar-refractivity contribution in [2.45, 2.75) is 117 Å². The summed E-state index contributed by atoms with van der Waals surface area (Å²) in [6.07, 6.45) is 21.1. The van der Waals surface area contributed by atoms with Gasteiger partial charge < -0.3 is 20.4 Å². The number of benzene rings is 1. The molecule has 0 saturated carbocycles. The van der Waals surface area contributed by atoms with E-state index in [2.05, 4.69) is 48.4 Å². The quantitative estimate of drug-likeness (QED) is 0.117. The van der Waals surface area contributed by atoms with Gasteiger partial charge in [-0.2, -0.15) is 0 Å². The molecule has 0 fully saturated rings. The van der Waals surface area contributed by atoms with Crippen LogP contribution in [0.4, 0.5) is 0 Å². The van der Waals surface area contributed by atoms with Gasteiger partial charge in [0.05, 0.1) is 11.1 Å². The predicted molar refractivity (Wildman–Crippen MR) is 171 cm³/mol. The molecular weight excluding hydrogens is 496 g/mol. The monoisotopic (exact) mass is 558 g/mol. The van der Waals surface area contributed by atoms with Crippen LogP contribution < -0.4 is 10.6 Å². The minimum atomic E-state index is -0.182. The summed E-state index contributed by atoms with van der Waals surface area (Å²) in [6.45, 7) is 9.39. The first-order valence-electron chi connectivity index (χ1n) is 16.5. The predicted octanol–water partition coefficient (Wildman–Crippen LogP) is 7.29. The van der Waals surface area contributed by atoms with Gasteiger partial charge in [-0.15, -0.1) is 0 Å². The first kappa shape index (κ1) is 36.1. The first-order valence-corrected chi connectivity index (χ1v) is 16.5.